The van der Waals surface area contributed by atoms with Crippen molar-refractivity contribution in [3.05, 3.63) is 59.2 Å². The van der Waals surface area contributed by atoms with Gasteiger partial charge in [0.05, 0.1) is 35.0 Å². The van der Waals surface area contributed by atoms with E-state index in [2.05, 4.69) is 4.90 Å². The van der Waals surface area contributed by atoms with Gasteiger partial charge in [-0.05, 0) is 60.2 Å². The zero-order valence-corrected chi connectivity index (χ0v) is 21.1. The normalized spacial score (nSPS) is 15.3. The van der Waals surface area contributed by atoms with E-state index in [0.29, 0.717) is 36.0 Å². The van der Waals surface area contributed by atoms with Crippen molar-refractivity contribution >= 4 is 11.9 Å². The van der Waals surface area contributed by atoms with E-state index in [4.69, 9.17) is 28.8 Å². The number of carbonyl (C=O) groups is 2. The quantitative estimate of drug-likeness (QED) is 0.267. The van der Waals surface area contributed by atoms with Crippen LogP contribution in [0.5, 0.6) is 23.0 Å². The molecule has 1 aliphatic rings. The van der Waals surface area contributed by atoms with Crippen LogP contribution >= 0.6 is 0 Å². The number of nitrogens with zero attached hydrogens (tertiary/aromatic N) is 1. The summed E-state index contributed by atoms with van der Waals surface area (Å²) in [4.78, 5) is 24.6. The van der Waals surface area contributed by atoms with E-state index in [0.717, 1.165) is 42.7 Å². The van der Waals surface area contributed by atoms with E-state index in [1.54, 1.807) is 28.4 Å². The lowest BCUT2D eigenvalue weighted by Crippen LogP contribution is -2.37. The molecule has 0 amide bonds. The predicted molar refractivity (Wildman–Crippen MR) is 133 cm³/mol. The van der Waals surface area contributed by atoms with Crippen LogP contribution in [0.2, 0.25) is 0 Å². The van der Waals surface area contributed by atoms with Crippen LogP contribution in [0.3, 0.4) is 0 Å². The number of aliphatic carboxylic acids is 1. The zero-order chi connectivity index (χ0) is 26.1. The Morgan fingerprint density at radius 2 is 1.61 bits per heavy atom. The molecular weight excluding hydrogens is 466 g/mol. The molecule has 3 rings (SSSR count). The van der Waals surface area contributed by atoms with Crippen LogP contribution in [0.4, 0.5) is 0 Å². The number of carbonyl (C=O) groups excluding carboxylic acids is 1. The fraction of sp³-hybridized carbons (Fsp3) is 0.407. The Morgan fingerprint density at radius 1 is 0.944 bits per heavy atom. The van der Waals surface area contributed by atoms with Crippen molar-refractivity contribution < 1.29 is 38.4 Å². The first kappa shape index (κ1) is 26.9. The van der Waals surface area contributed by atoms with Gasteiger partial charge in [0.1, 0.15) is 0 Å². The highest BCUT2D eigenvalue weighted by Gasteiger charge is 2.29. The second-order valence-electron chi connectivity index (χ2n) is 8.29. The van der Waals surface area contributed by atoms with Gasteiger partial charge in [-0.3, -0.25) is 4.90 Å². The van der Waals surface area contributed by atoms with Gasteiger partial charge in [0.15, 0.2) is 23.0 Å². The molecule has 0 radical (unpaired) electrons. The zero-order valence-electron chi connectivity index (χ0n) is 21.1. The number of hydrogen-bond acceptors (Lipinski definition) is 8. The van der Waals surface area contributed by atoms with E-state index < -0.39 is 11.9 Å². The molecule has 1 atom stereocenters. The second-order valence-corrected chi connectivity index (χ2v) is 8.29. The van der Waals surface area contributed by atoms with Crippen molar-refractivity contribution in [2.45, 2.75) is 25.3 Å². The van der Waals surface area contributed by atoms with E-state index >= 15 is 0 Å². The summed E-state index contributed by atoms with van der Waals surface area (Å²) in [6.07, 6.45) is 3.87. The van der Waals surface area contributed by atoms with Gasteiger partial charge >= 0.3 is 11.9 Å². The van der Waals surface area contributed by atoms with E-state index in [-0.39, 0.29) is 12.6 Å². The summed E-state index contributed by atoms with van der Waals surface area (Å²) in [5, 5.41) is 8.63. The van der Waals surface area contributed by atoms with Crippen LogP contribution in [0.15, 0.2) is 42.5 Å². The van der Waals surface area contributed by atoms with Crippen molar-refractivity contribution in [2.24, 2.45) is 0 Å². The molecule has 36 heavy (non-hydrogen) atoms. The lowest BCUT2D eigenvalue weighted by Gasteiger charge is -2.38. The van der Waals surface area contributed by atoms with Crippen LogP contribution < -0.4 is 18.9 Å². The van der Waals surface area contributed by atoms with Crippen LogP contribution in [0.25, 0.3) is 0 Å². The predicted octanol–water partition coefficient (Wildman–Crippen LogP) is 3.44. The Kier molecular flexibility index (Phi) is 9.58. The summed E-state index contributed by atoms with van der Waals surface area (Å²) >= 11 is 0. The monoisotopic (exact) mass is 499 g/mol. The number of ether oxygens (including phenoxy) is 5. The summed E-state index contributed by atoms with van der Waals surface area (Å²) in [7, 11) is 6.49. The number of methoxy groups -OCH3 is 4. The van der Waals surface area contributed by atoms with Gasteiger partial charge < -0.3 is 28.8 Å². The molecule has 9 nitrogen and oxygen atoms in total. The fourth-order valence-corrected chi connectivity index (χ4v) is 4.45. The minimum atomic E-state index is -1.19. The lowest BCUT2D eigenvalue weighted by atomic mass is 9.88. The molecule has 1 N–H and O–H groups in total. The van der Waals surface area contributed by atoms with Gasteiger partial charge in [0, 0.05) is 31.3 Å². The summed E-state index contributed by atoms with van der Waals surface area (Å²) in [5.74, 6) is 0.869. The van der Waals surface area contributed by atoms with Crippen LogP contribution in [-0.4, -0.2) is 70.1 Å². The number of benzene rings is 2. The minimum absolute atomic E-state index is 0.0502. The lowest BCUT2D eigenvalue weighted by molar-refractivity contribution is -0.139. The standard InChI is InChI=1S/C27H33NO8/c1-32-22-7-6-18(15-23(22)33-2)14-21-20-17-25(35-4)24(34-3)16-19(20)10-12-28(21)11-5-13-36-27(31)9-8-26(29)30/h6-9,15-17,21H,5,10-14H2,1-4H3,(H,29,30). The summed E-state index contributed by atoms with van der Waals surface area (Å²) < 4.78 is 27.1. The van der Waals surface area contributed by atoms with Crippen molar-refractivity contribution in [1.82, 2.24) is 4.90 Å². The number of carboxylic acids is 1. The summed E-state index contributed by atoms with van der Waals surface area (Å²) in [5.41, 5.74) is 3.46. The van der Waals surface area contributed by atoms with Crippen LogP contribution in [0, 0.1) is 0 Å². The number of hydrogen-bond donors (Lipinski definition) is 1. The molecule has 0 spiro atoms. The van der Waals surface area contributed by atoms with Crippen molar-refractivity contribution in [3.63, 3.8) is 0 Å². The topological polar surface area (TPSA) is 104 Å². The van der Waals surface area contributed by atoms with Crippen LogP contribution in [-0.2, 0) is 27.2 Å². The number of carboxylic acid groups (broad SMARTS) is 1. The molecule has 1 aliphatic heterocycles. The maximum atomic E-state index is 11.7. The molecule has 9 heteroatoms. The molecule has 0 aliphatic carbocycles. The molecule has 0 saturated heterocycles. The second kappa shape index (κ2) is 12.8. The fourth-order valence-electron chi connectivity index (χ4n) is 4.45. The number of esters is 1. The Hall–Kier alpha value is -3.72. The molecule has 0 aromatic heterocycles. The average molecular weight is 500 g/mol. The maximum Gasteiger partial charge on any atom is 0.331 e. The molecule has 0 saturated carbocycles. The Balaban J connectivity index is 1.82. The van der Waals surface area contributed by atoms with E-state index in [9.17, 15) is 9.59 Å². The molecule has 2 aromatic rings. The smallest absolute Gasteiger partial charge is 0.331 e. The first-order valence-corrected chi connectivity index (χ1v) is 11.7. The Labute approximate surface area is 211 Å². The first-order valence-electron chi connectivity index (χ1n) is 11.7. The van der Waals surface area contributed by atoms with Gasteiger partial charge in [0.25, 0.3) is 0 Å². The number of rotatable bonds is 12. The summed E-state index contributed by atoms with van der Waals surface area (Å²) in [6, 6.07) is 10.1. The minimum Gasteiger partial charge on any atom is -0.493 e. The molecule has 1 heterocycles. The van der Waals surface area contributed by atoms with Crippen molar-refractivity contribution in [3.8, 4) is 23.0 Å². The Bertz CT molecular complexity index is 1100. The SMILES string of the molecule is COc1ccc(CC2c3cc(OC)c(OC)cc3CCN2CCCOC(=O)C=CC(=O)O)cc1OC. The molecule has 0 bridgehead atoms. The highest BCUT2D eigenvalue weighted by Crippen LogP contribution is 2.40. The Morgan fingerprint density at radius 3 is 2.28 bits per heavy atom. The number of fused-ring (bicyclic) bond motifs is 1. The van der Waals surface area contributed by atoms with Gasteiger partial charge in [-0.15, -0.1) is 0 Å². The van der Waals surface area contributed by atoms with Gasteiger partial charge in [-0.25, -0.2) is 9.59 Å². The van der Waals surface area contributed by atoms with Crippen molar-refractivity contribution in [2.75, 3.05) is 48.1 Å². The first-order chi connectivity index (χ1) is 17.4. The molecule has 2 aromatic carbocycles. The highest BCUT2D eigenvalue weighted by atomic mass is 16.5. The van der Waals surface area contributed by atoms with Gasteiger partial charge in [0.2, 0.25) is 0 Å². The third kappa shape index (κ3) is 6.69. The third-order valence-corrected chi connectivity index (χ3v) is 6.19. The van der Waals surface area contributed by atoms with Crippen LogP contribution in [0.1, 0.15) is 29.2 Å². The van der Waals surface area contributed by atoms with Gasteiger partial charge in [-0.1, -0.05) is 6.07 Å². The van der Waals surface area contributed by atoms with E-state index in [1.807, 2.05) is 30.3 Å². The molecule has 1 unspecified atom stereocenters. The third-order valence-electron chi connectivity index (χ3n) is 6.19. The van der Waals surface area contributed by atoms with Crippen molar-refractivity contribution in [1.29, 1.82) is 0 Å². The van der Waals surface area contributed by atoms with Gasteiger partial charge in [-0.2, -0.15) is 0 Å². The summed E-state index contributed by atoms with van der Waals surface area (Å²) in [6.45, 7) is 1.72. The highest BCUT2D eigenvalue weighted by molar-refractivity contribution is 5.90. The molecular formula is C27H33NO8. The average Bonchev–Trinajstić information content (AvgIpc) is 2.89. The van der Waals surface area contributed by atoms with E-state index in [1.165, 1.54) is 5.56 Å². The molecule has 0 fully saturated rings. The maximum absolute atomic E-state index is 11.7. The molecule has 194 valence electrons. The largest absolute Gasteiger partial charge is 0.493 e.